The molecule has 0 bridgehead atoms. The van der Waals surface area contributed by atoms with Crippen molar-refractivity contribution in [2.75, 3.05) is 34.0 Å². The Morgan fingerprint density at radius 2 is 1.84 bits per heavy atom. The number of hydrogen-bond acceptors (Lipinski definition) is 5. The summed E-state index contributed by atoms with van der Waals surface area (Å²) in [4.78, 5) is 0. The standard InChI is InChI=1S/C14H21NO4/c1-16-11-5-12(17-2)7-13(6-11)19-9-14(15)10-3-4-18-8-10/h5-7,10,14H,3-4,8-9,15H2,1-2H3. The zero-order chi connectivity index (χ0) is 13.7. The zero-order valence-corrected chi connectivity index (χ0v) is 11.4. The molecule has 1 aromatic rings. The number of benzene rings is 1. The van der Waals surface area contributed by atoms with E-state index in [1.54, 1.807) is 20.3 Å². The molecule has 0 aromatic heterocycles. The molecule has 0 spiro atoms. The maximum atomic E-state index is 6.10. The van der Waals surface area contributed by atoms with Gasteiger partial charge < -0.3 is 24.7 Å². The smallest absolute Gasteiger partial charge is 0.126 e. The first-order valence-electron chi connectivity index (χ1n) is 6.42. The Bertz CT molecular complexity index is 382. The van der Waals surface area contributed by atoms with Crippen LogP contribution in [0.5, 0.6) is 17.2 Å². The fraction of sp³-hybridized carbons (Fsp3) is 0.571. The molecule has 106 valence electrons. The molecule has 0 saturated carbocycles. The number of hydrogen-bond donors (Lipinski definition) is 1. The van der Waals surface area contributed by atoms with Crippen molar-refractivity contribution >= 4 is 0 Å². The Morgan fingerprint density at radius 1 is 1.21 bits per heavy atom. The summed E-state index contributed by atoms with van der Waals surface area (Å²) >= 11 is 0. The summed E-state index contributed by atoms with van der Waals surface area (Å²) in [6, 6.07) is 5.43. The first-order chi connectivity index (χ1) is 9.22. The molecule has 1 saturated heterocycles. The van der Waals surface area contributed by atoms with Crippen molar-refractivity contribution in [3.05, 3.63) is 18.2 Å². The molecule has 2 N–H and O–H groups in total. The fourth-order valence-electron chi connectivity index (χ4n) is 2.08. The Morgan fingerprint density at radius 3 is 2.37 bits per heavy atom. The van der Waals surface area contributed by atoms with E-state index in [9.17, 15) is 0 Å². The van der Waals surface area contributed by atoms with Crippen LogP contribution in [0.1, 0.15) is 6.42 Å². The molecular weight excluding hydrogens is 246 g/mol. The molecule has 1 aliphatic rings. The van der Waals surface area contributed by atoms with E-state index in [-0.39, 0.29) is 6.04 Å². The van der Waals surface area contributed by atoms with Gasteiger partial charge in [-0.25, -0.2) is 0 Å². The van der Waals surface area contributed by atoms with Crippen LogP contribution < -0.4 is 19.9 Å². The molecule has 5 heteroatoms. The average Bonchev–Trinajstić information content (AvgIpc) is 2.98. The van der Waals surface area contributed by atoms with Crippen molar-refractivity contribution in [3.63, 3.8) is 0 Å². The number of nitrogens with two attached hydrogens (primary N) is 1. The van der Waals surface area contributed by atoms with E-state index in [0.29, 0.717) is 29.8 Å². The van der Waals surface area contributed by atoms with Gasteiger partial charge in [0, 0.05) is 36.8 Å². The van der Waals surface area contributed by atoms with Crippen molar-refractivity contribution < 1.29 is 18.9 Å². The molecule has 2 atom stereocenters. The molecule has 2 unspecified atom stereocenters. The van der Waals surface area contributed by atoms with E-state index in [0.717, 1.165) is 19.6 Å². The van der Waals surface area contributed by atoms with Crippen molar-refractivity contribution in [1.82, 2.24) is 0 Å². The molecule has 0 amide bonds. The summed E-state index contributed by atoms with van der Waals surface area (Å²) in [7, 11) is 3.22. The van der Waals surface area contributed by atoms with Gasteiger partial charge in [-0.05, 0) is 6.42 Å². The molecule has 1 aromatic carbocycles. The van der Waals surface area contributed by atoms with Crippen LogP contribution in [-0.4, -0.2) is 40.1 Å². The molecule has 1 heterocycles. The second-order valence-corrected chi connectivity index (χ2v) is 4.65. The largest absolute Gasteiger partial charge is 0.496 e. The molecule has 0 radical (unpaired) electrons. The highest BCUT2D eigenvalue weighted by Crippen LogP contribution is 2.27. The Kier molecular flexibility index (Phi) is 4.87. The van der Waals surface area contributed by atoms with Crippen molar-refractivity contribution in [2.45, 2.75) is 12.5 Å². The number of methoxy groups -OCH3 is 2. The predicted octanol–water partition coefficient (Wildman–Crippen LogP) is 1.45. The predicted molar refractivity (Wildman–Crippen MR) is 71.9 cm³/mol. The third kappa shape index (κ3) is 3.75. The molecule has 19 heavy (non-hydrogen) atoms. The van der Waals surface area contributed by atoms with Gasteiger partial charge in [-0.1, -0.05) is 0 Å². The quantitative estimate of drug-likeness (QED) is 0.845. The van der Waals surface area contributed by atoms with Crippen LogP contribution in [0.3, 0.4) is 0 Å². The molecular formula is C14H21NO4. The van der Waals surface area contributed by atoms with Gasteiger partial charge in [0.2, 0.25) is 0 Å². The van der Waals surface area contributed by atoms with Crippen molar-refractivity contribution in [2.24, 2.45) is 11.7 Å². The topological polar surface area (TPSA) is 62.9 Å². The third-order valence-electron chi connectivity index (χ3n) is 3.34. The van der Waals surface area contributed by atoms with Gasteiger partial charge in [0.05, 0.1) is 20.8 Å². The monoisotopic (exact) mass is 267 g/mol. The Labute approximate surface area is 113 Å². The Balaban J connectivity index is 1.94. The lowest BCUT2D eigenvalue weighted by molar-refractivity contribution is 0.170. The van der Waals surface area contributed by atoms with E-state index in [4.69, 9.17) is 24.7 Å². The number of rotatable bonds is 6. The maximum Gasteiger partial charge on any atom is 0.126 e. The van der Waals surface area contributed by atoms with Crippen molar-refractivity contribution in [3.8, 4) is 17.2 Å². The van der Waals surface area contributed by atoms with Crippen molar-refractivity contribution in [1.29, 1.82) is 0 Å². The first kappa shape index (κ1) is 14.0. The van der Waals surface area contributed by atoms with E-state index >= 15 is 0 Å². The van der Waals surface area contributed by atoms with Gasteiger partial charge >= 0.3 is 0 Å². The van der Waals surface area contributed by atoms with E-state index < -0.39 is 0 Å². The van der Waals surface area contributed by atoms with Crippen LogP contribution in [0.25, 0.3) is 0 Å². The normalized spacial score (nSPS) is 20.1. The van der Waals surface area contributed by atoms with Crippen LogP contribution >= 0.6 is 0 Å². The highest BCUT2D eigenvalue weighted by atomic mass is 16.5. The van der Waals surface area contributed by atoms with Gasteiger partial charge in [0.25, 0.3) is 0 Å². The van der Waals surface area contributed by atoms with Gasteiger partial charge in [-0.2, -0.15) is 0 Å². The van der Waals surface area contributed by atoms with Gasteiger partial charge in [-0.15, -0.1) is 0 Å². The lowest BCUT2D eigenvalue weighted by Crippen LogP contribution is -2.36. The minimum Gasteiger partial charge on any atom is -0.496 e. The highest BCUT2D eigenvalue weighted by Gasteiger charge is 2.23. The van der Waals surface area contributed by atoms with Crippen LogP contribution in [0.2, 0.25) is 0 Å². The third-order valence-corrected chi connectivity index (χ3v) is 3.34. The molecule has 1 aliphatic heterocycles. The van der Waals surface area contributed by atoms with Crippen LogP contribution in [-0.2, 0) is 4.74 Å². The van der Waals surface area contributed by atoms with Gasteiger partial charge in [0.15, 0.2) is 0 Å². The second kappa shape index (κ2) is 6.63. The van der Waals surface area contributed by atoms with Gasteiger partial charge in [0.1, 0.15) is 23.9 Å². The zero-order valence-electron chi connectivity index (χ0n) is 11.4. The minimum atomic E-state index is -0.0142. The Hall–Kier alpha value is -1.46. The lowest BCUT2D eigenvalue weighted by atomic mass is 10.0. The summed E-state index contributed by atoms with van der Waals surface area (Å²) in [5.41, 5.74) is 6.10. The fourth-order valence-corrected chi connectivity index (χ4v) is 2.08. The SMILES string of the molecule is COc1cc(OC)cc(OCC(N)C2CCOC2)c1. The molecule has 1 fully saturated rings. The molecule has 2 rings (SSSR count). The van der Waals surface area contributed by atoms with Crippen LogP contribution in [0, 0.1) is 5.92 Å². The maximum absolute atomic E-state index is 6.10. The average molecular weight is 267 g/mol. The highest BCUT2D eigenvalue weighted by molar-refractivity contribution is 5.42. The number of ether oxygens (including phenoxy) is 4. The minimum absolute atomic E-state index is 0.0142. The van der Waals surface area contributed by atoms with Crippen LogP contribution in [0.4, 0.5) is 0 Å². The summed E-state index contributed by atoms with van der Waals surface area (Å²) in [6.45, 7) is 1.99. The lowest BCUT2D eigenvalue weighted by Gasteiger charge is -2.18. The summed E-state index contributed by atoms with van der Waals surface area (Å²) in [6.07, 6.45) is 1.01. The molecule has 0 aliphatic carbocycles. The van der Waals surface area contributed by atoms with Gasteiger partial charge in [-0.3, -0.25) is 0 Å². The van der Waals surface area contributed by atoms with Crippen LogP contribution in [0.15, 0.2) is 18.2 Å². The van der Waals surface area contributed by atoms with E-state index in [1.807, 2.05) is 12.1 Å². The van der Waals surface area contributed by atoms with E-state index in [2.05, 4.69) is 0 Å². The summed E-state index contributed by atoms with van der Waals surface area (Å²) < 4.78 is 21.4. The summed E-state index contributed by atoms with van der Waals surface area (Å²) in [5, 5.41) is 0. The first-order valence-corrected chi connectivity index (χ1v) is 6.42. The second-order valence-electron chi connectivity index (χ2n) is 4.65. The summed E-state index contributed by atoms with van der Waals surface area (Å²) in [5.74, 6) is 2.48. The van der Waals surface area contributed by atoms with E-state index in [1.165, 1.54) is 0 Å². The molecule has 5 nitrogen and oxygen atoms in total.